The maximum atomic E-state index is 12.1. The Morgan fingerprint density at radius 2 is 2.17 bits per heavy atom. The van der Waals surface area contributed by atoms with Crippen molar-refractivity contribution in [3.8, 4) is 11.5 Å². The van der Waals surface area contributed by atoms with Crippen LogP contribution in [0.3, 0.4) is 0 Å². The van der Waals surface area contributed by atoms with Gasteiger partial charge in [-0.3, -0.25) is 0 Å². The van der Waals surface area contributed by atoms with Crippen LogP contribution in [-0.2, 0) is 0 Å². The maximum absolute atomic E-state index is 12.1. The maximum Gasteiger partial charge on any atom is 0.319 e. The van der Waals surface area contributed by atoms with E-state index in [1.165, 1.54) is 0 Å². The van der Waals surface area contributed by atoms with E-state index in [-0.39, 0.29) is 12.1 Å². The van der Waals surface area contributed by atoms with Crippen molar-refractivity contribution in [2.24, 2.45) is 0 Å². The Kier molecular flexibility index (Phi) is 4.62. The molecule has 0 radical (unpaired) electrons. The third kappa shape index (κ3) is 3.90. The zero-order valence-corrected chi connectivity index (χ0v) is 13.1. The van der Waals surface area contributed by atoms with E-state index in [0.29, 0.717) is 11.6 Å². The van der Waals surface area contributed by atoms with Crippen molar-refractivity contribution >= 4 is 11.7 Å². The van der Waals surface area contributed by atoms with Crippen LogP contribution in [0, 0.1) is 6.92 Å². The van der Waals surface area contributed by atoms with E-state index in [9.17, 15) is 9.90 Å². The first-order valence-corrected chi connectivity index (χ1v) is 7.90. The van der Waals surface area contributed by atoms with Gasteiger partial charge in [0.1, 0.15) is 6.26 Å². The standard InChI is InChI=1S/C17H21N3O3/c1-11-10-23-16(18-11)12-5-4-6-13(9-12)19-17(22)20-14-7-2-3-8-15(14)21/h4-6,9-10,14-15,21H,2-3,7-8H2,1H3,(H2,19,20,22). The lowest BCUT2D eigenvalue weighted by Gasteiger charge is -2.28. The lowest BCUT2D eigenvalue weighted by atomic mass is 9.93. The Morgan fingerprint density at radius 1 is 1.35 bits per heavy atom. The van der Waals surface area contributed by atoms with Gasteiger partial charge in [0.2, 0.25) is 5.89 Å². The van der Waals surface area contributed by atoms with E-state index in [2.05, 4.69) is 15.6 Å². The second kappa shape index (κ2) is 6.83. The molecule has 1 aliphatic carbocycles. The van der Waals surface area contributed by atoms with Crippen molar-refractivity contribution in [2.45, 2.75) is 44.8 Å². The fourth-order valence-corrected chi connectivity index (χ4v) is 2.83. The zero-order chi connectivity index (χ0) is 16.2. The van der Waals surface area contributed by atoms with Crippen LogP contribution < -0.4 is 10.6 Å². The molecular weight excluding hydrogens is 294 g/mol. The molecule has 1 fully saturated rings. The fraction of sp³-hybridized carbons (Fsp3) is 0.412. The number of benzene rings is 1. The highest BCUT2D eigenvalue weighted by Crippen LogP contribution is 2.22. The molecule has 1 heterocycles. The van der Waals surface area contributed by atoms with Gasteiger partial charge in [-0.15, -0.1) is 0 Å². The number of carbonyl (C=O) groups excluding carboxylic acids is 1. The fourth-order valence-electron chi connectivity index (χ4n) is 2.83. The van der Waals surface area contributed by atoms with Gasteiger partial charge in [-0.1, -0.05) is 18.9 Å². The van der Waals surface area contributed by atoms with E-state index in [0.717, 1.165) is 36.9 Å². The number of urea groups is 1. The van der Waals surface area contributed by atoms with Crippen molar-refractivity contribution in [2.75, 3.05) is 5.32 Å². The van der Waals surface area contributed by atoms with Gasteiger partial charge in [-0.05, 0) is 38.0 Å². The molecule has 2 aromatic rings. The second-order valence-corrected chi connectivity index (χ2v) is 5.93. The monoisotopic (exact) mass is 315 g/mol. The van der Waals surface area contributed by atoms with Gasteiger partial charge in [-0.2, -0.15) is 0 Å². The van der Waals surface area contributed by atoms with Crippen LogP contribution in [0.4, 0.5) is 10.5 Å². The molecule has 6 nitrogen and oxygen atoms in total. The highest BCUT2D eigenvalue weighted by molar-refractivity contribution is 5.90. The summed E-state index contributed by atoms with van der Waals surface area (Å²) in [6.07, 6.45) is 4.72. The Balaban J connectivity index is 1.64. The number of rotatable bonds is 3. The third-order valence-corrected chi connectivity index (χ3v) is 4.03. The molecule has 23 heavy (non-hydrogen) atoms. The lowest BCUT2D eigenvalue weighted by molar-refractivity contribution is 0.0955. The first-order chi connectivity index (χ1) is 11.1. The van der Waals surface area contributed by atoms with E-state index in [4.69, 9.17) is 4.42 Å². The predicted molar refractivity (Wildman–Crippen MR) is 87.1 cm³/mol. The number of hydrogen-bond donors (Lipinski definition) is 3. The van der Waals surface area contributed by atoms with E-state index in [1.54, 1.807) is 12.3 Å². The van der Waals surface area contributed by atoms with Crippen molar-refractivity contribution in [1.29, 1.82) is 0 Å². The van der Waals surface area contributed by atoms with Gasteiger partial charge in [0, 0.05) is 11.3 Å². The summed E-state index contributed by atoms with van der Waals surface area (Å²) in [5.74, 6) is 0.522. The number of aryl methyl sites for hydroxylation is 1. The molecule has 0 bridgehead atoms. The van der Waals surface area contributed by atoms with E-state index >= 15 is 0 Å². The van der Waals surface area contributed by atoms with Gasteiger partial charge in [0.25, 0.3) is 0 Å². The predicted octanol–water partition coefficient (Wildman–Crippen LogP) is 3.08. The number of carbonyl (C=O) groups is 1. The van der Waals surface area contributed by atoms with Gasteiger partial charge in [-0.25, -0.2) is 9.78 Å². The largest absolute Gasteiger partial charge is 0.444 e. The molecule has 1 aromatic carbocycles. The van der Waals surface area contributed by atoms with Crippen molar-refractivity contribution in [3.05, 3.63) is 36.2 Å². The molecule has 0 spiro atoms. The summed E-state index contributed by atoms with van der Waals surface area (Å²) in [4.78, 5) is 16.4. The summed E-state index contributed by atoms with van der Waals surface area (Å²) in [5, 5.41) is 15.6. The van der Waals surface area contributed by atoms with E-state index in [1.807, 2.05) is 25.1 Å². The number of aromatic nitrogens is 1. The molecule has 2 unspecified atom stereocenters. The lowest BCUT2D eigenvalue weighted by Crippen LogP contribution is -2.46. The van der Waals surface area contributed by atoms with Gasteiger partial charge < -0.3 is 20.2 Å². The Labute approximate surface area is 134 Å². The topological polar surface area (TPSA) is 87.4 Å². The number of aliphatic hydroxyl groups excluding tert-OH is 1. The third-order valence-electron chi connectivity index (χ3n) is 4.03. The molecule has 1 aliphatic rings. The number of aliphatic hydroxyl groups is 1. The van der Waals surface area contributed by atoms with E-state index < -0.39 is 6.10 Å². The molecule has 2 amide bonds. The minimum Gasteiger partial charge on any atom is -0.444 e. The Bertz CT molecular complexity index is 683. The Morgan fingerprint density at radius 3 is 2.91 bits per heavy atom. The van der Waals surface area contributed by atoms with Crippen molar-refractivity contribution in [3.63, 3.8) is 0 Å². The van der Waals surface area contributed by atoms with Gasteiger partial charge in [0.05, 0.1) is 17.8 Å². The quantitative estimate of drug-likeness (QED) is 0.812. The molecule has 6 heteroatoms. The highest BCUT2D eigenvalue weighted by Gasteiger charge is 2.24. The Hall–Kier alpha value is -2.34. The van der Waals surface area contributed by atoms with Crippen LogP contribution >= 0.6 is 0 Å². The van der Waals surface area contributed by atoms with Crippen LogP contribution in [0.1, 0.15) is 31.4 Å². The molecule has 1 saturated carbocycles. The minimum absolute atomic E-state index is 0.179. The van der Waals surface area contributed by atoms with Crippen LogP contribution in [0.15, 0.2) is 34.9 Å². The van der Waals surface area contributed by atoms with Crippen LogP contribution in [0.2, 0.25) is 0 Å². The van der Waals surface area contributed by atoms with Crippen molar-refractivity contribution < 1.29 is 14.3 Å². The van der Waals surface area contributed by atoms with Gasteiger partial charge >= 0.3 is 6.03 Å². The average molecular weight is 315 g/mol. The first kappa shape index (κ1) is 15.6. The molecule has 0 saturated heterocycles. The van der Waals surface area contributed by atoms with Gasteiger partial charge in [0.15, 0.2) is 0 Å². The number of hydrogen-bond acceptors (Lipinski definition) is 4. The molecule has 1 aromatic heterocycles. The molecular formula is C17H21N3O3. The highest BCUT2D eigenvalue weighted by atomic mass is 16.3. The molecule has 122 valence electrons. The normalized spacial score (nSPS) is 21.0. The summed E-state index contributed by atoms with van der Waals surface area (Å²) >= 11 is 0. The molecule has 3 N–H and O–H groups in total. The number of amides is 2. The minimum atomic E-state index is -0.462. The van der Waals surface area contributed by atoms with Crippen molar-refractivity contribution in [1.82, 2.24) is 10.3 Å². The van der Waals surface area contributed by atoms with Crippen LogP contribution in [-0.4, -0.2) is 28.3 Å². The number of nitrogens with zero attached hydrogens (tertiary/aromatic N) is 1. The zero-order valence-electron chi connectivity index (χ0n) is 13.1. The SMILES string of the molecule is Cc1coc(-c2cccc(NC(=O)NC3CCCCC3O)c2)n1. The summed E-state index contributed by atoms with van der Waals surface area (Å²) in [6, 6.07) is 6.83. The number of nitrogens with one attached hydrogen (secondary N) is 2. The summed E-state index contributed by atoms with van der Waals surface area (Å²) in [5.41, 5.74) is 2.26. The molecule has 0 aliphatic heterocycles. The second-order valence-electron chi connectivity index (χ2n) is 5.93. The number of anilines is 1. The number of oxazole rings is 1. The van der Waals surface area contributed by atoms with Crippen LogP contribution in [0.25, 0.3) is 11.5 Å². The summed E-state index contributed by atoms with van der Waals surface area (Å²) in [6.45, 7) is 1.86. The first-order valence-electron chi connectivity index (χ1n) is 7.90. The summed E-state index contributed by atoms with van der Waals surface area (Å²) in [7, 11) is 0. The summed E-state index contributed by atoms with van der Waals surface area (Å²) < 4.78 is 5.37. The average Bonchev–Trinajstić information content (AvgIpc) is 2.96. The molecule has 2 atom stereocenters. The molecule has 3 rings (SSSR count). The van der Waals surface area contributed by atoms with Crippen LogP contribution in [0.5, 0.6) is 0 Å². The smallest absolute Gasteiger partial charge is 0.319 e.